The van der Waals surface area contributed by atoms with Crippen LogP contribution in [0.1, 0.15) is 42.9 Å². The van der Waals surface area contributed by atoms with Crippen LogP contribution in [0.15, 0.2) is 47.5 Å². The van der Waals surface area contributed by atoms with Crippen molar-refractivity contribution in [3.05, 3.63) is 64.2 Å². The van der Waals surface area contributed by atoms with Crippen LogP contribution >= 0.6 is 0 Å². The largest absolute Gasteiger partial charge is 0.497 e. The van der Waals surface area contributed by atoms with Crippen LogP contribution in [0.25, 0.3) is 10.9 Å². The van der Waals surface area contributed by atoms with Crippen LogP contribution < -0.4 is 15.0 Å². The van der Waals surface area contributed by atoms with Gasteiger partial charge < -0.3 is 14.4 Å². The van der Waals surface area contributed by atoms with E-state index >= 15 is 0 Å². The third kappa shape index (κ3) is 4.20. The number of rotatable bonds is 7. The molecule has 0 radical (unpaired) electrons. The lowest BCUT2D eigenvalue weighted by Gasteiger charge is -2.26. The number of benzene rings is 2. The molecule has 0 bridgehead atoms. The van der Waals surface area contributed by atoms with E-state index in [1.165, 1.54) is 0 Å². The molecule has 1 saturated heterocycles. The summed E-state index contributed by atoms with van der Waals surface area (Å²) in [6.07, 6.45) is 4.41. The second-order valence-electron chi connectivity index (χ2n) is 8.17. The molecule has 0 aliphatic carbocycles. The van der Waals surface area contributed by atoms with E-state index in [9.17, 15) is 9.59 Å². The van der Waals surface area contributed by atoms with Crippen LogP contribution in [0.4, 0.5) is 0 Å². The Kier molecular flexibility index (Phi) is 6.44. The lowest BCUT2D eigenvalue weighted by Crippen LogP contribution is -2.31. The number of amides is 1. The molecule has 7 nitrogen and oxygen atoms in total. The Morgan fingerprint density at radius 1 is 1.19 bits per heavy atom. The molecule has 4 rings (SSSR count). The fraction of sp³-hybridized carbons (Fsp3) is 0.400. The zero-order valence-corrected chi connectivity index (χ0v) is 18.8. The molecular weight excluding hydrogens is 406 g/mol. The van der Waals surface area contributed by atoms with Crippen molar-refractivity contribution in [3.63, 3.8) is 0 Å². The number of carbonyl (C=O) groups excluding carboxylic acids is 1. The van der Waals surface area contributed by atoms with Crippen molar-refractivity contribution in [3.8, 4) is 11.5 Å². The molecule has 168 valence electrons. The first-order valence-electron chi connectivity index (χ1n) is 11.0. The van der Waals surface area contributed by atoms with Crippen LogP contribution in [0, 0.1) is 6.92 Å². The monoisotopic (exact) mass is 435 g/mol. The molecule has 2 heterocycles. The summed E-state index contributed by atoms with van der Waals surface area (Å²) in [4.78, 5) is 32.2. The summed E-state index contributed by atoms with van der Waals surface area (Å²) in [7, 11) is 3.26. The quantitative estimate of drug-likeness (QED) is 0.563. The van der Waals surface area contributed by atoms with Gasteiger partial charge in [-0.15, -0.1) is 0 Å². The standard InChI is InChI=1S/C25H29N3O4/c1-17-7-4-8-20-24(17)26-16-27(25(20)30)13-6-10-23(29)28-14-5-9-21(28)19-12-11-18(31-2)15-22(19)32-3/h4,7-8,11-12,15-16,21H,5-6,9-10,13-14H2,1-3H3/t21-/m0/s1. The topological polar surface area (TPSA) is 73.7 Å². The molecule has 3 aromatic rings. The van der Waals surface area contributed by atoms with Crippen LogP contribution in [0.5, 0.6) is 11.5 Å². The van der Waals surface area contributed by atoms with E-state index in [1.807, 2.05) is 42.2 Å². The third-order valence-electron chi connectivity index (χ3n) is 6.22. The fourth-order valence-electron chi connectivity index (χ4n) is 4.52. The Hall–Kier alpha value is -3.35. The highest BCUT2D eigenvalue weighted by Crippen LogP contribution is 2.39. The number of nitrogens with zero attached hydrogens (tertiary/aromatic N) is 3. The molecule has 0 unspecified atom stereocenters. The number of methoxy groups -OCH3 is 2. The van der Waals surface area contributed by atoms with E-state index in [2.05, 4.69) is 4.98 Å². The number of hydrogen-bond donors (Lipinski definition) is 0. The molecule has 0 N–H and O–H groups in total. The van der Waals surface area contributed by atoms with Gasteiger partial charge in [0.2, 0.25) is 5.91 Å². The Balaban J connectivity index is 1.44. The fourth-order valence-corrected chi connectivity index (χ4v) is 4.52. The van der Waals surface area contributed by atoms with Crippen molar-refractivity contribution >= 4 is 16.8 Å². The number of para-hydroxylation sites is 1. The van der Waals surface area contributed by atoms with Gasteiger partial charge in [0.1, 0.15) is 11.5 Å². The smallest absolute Gasteiger partial charge is 0.261 e. The minimum Gasteiger partial charge on any atom is -0.497 e. The highest BCUT2D eigenvalue weighted by Gasteiger charge is 2.31. The average molecular weight is 436 g/mol. The van der Waals surface area contributed by atoms with E-state index < -0.39 is 0 Å². The molecule has 0 saturated carbocycles. The van der Waals surface area contributed by atoms with Gasteiger partial charge in [0.25, 0.3) is 5.56 Å². The van der Waals surface area contributed by atoms with Crippen LogP contribution in [0.2, 0.25) is 0 Å². The lowest BCUT2D eigenvalue weighted by atomic mass is 10.0. The highest BCUT2D eigenvalue weighted by atomic mass is 16.5. The molecule has 1 aliphatic heterocycles. The van der Waals surface area contributed by atoms with E-state index in [0.717, 1.165) is 47.5 Å². The first-order valence-corrected chi connectivity index (χ1v) is 11.0. The molecule has 1 amide bonds. The SMILES string of the molecule is COc1ccc([C@@H]2CCCN2C(=O)CCCn2cnc3c(C)cccc3c2=O)c(OC)c1. The maximum atomic E-state index is 13.0. The zero-order chi connectivity index (χ0) is 22.7. The molecule has 0 spiro atoms. The summed E-state index contributed by atoms with van der Waals surface area (Å²) in [6.45, 7) is 3.14. The number of fused-ring (bicyclic) bond motifs is 1. The Morgan fingerprint density at radius 2 is 2.03 bits per heavy atom. The number of ether oxygens (including phenoxy) is 2. The van der Waals surface area contributed by atoms with Crippen molar-refractivity contribution in [2.75, 3.05) is 20.8 Å². The van der Waals surface area contributed by atoms with Crippen LogP contribution in [-0.2, 0) is 11.3 Å². The normalized spacial score (nSPS) is 15.8. The molecule has 32 heavy (non-hydrogen) atoms. The van der Waals surface area contributed by atoms with Crippen LogP contribution in [-0.4, -0.2) is 41.1 Å². The second-order valence-corrected chi connectivity index (χ2v) is 8.17. The number of carbonyl (C=O) groups is 1. The Morgan fingerprint density at radius 3 is 2.81 bits per heavy atom. The summed E-state index contributed by atoms with van der Waals surface area (Å²) in [5, 5.41) is 0.616. The van der Waals surface area contributed by atoms with Crippen molar-refractivity contribution in [2.45, 2.75) is 45.2 Å². The number of hydrogen-bond acceptors (Lipinski definition) is 5. The van der Waals surface area contributed by atoms with Gasteiger partial charge in [-0.25, -0.2) is 4.98 Å². The van der Waals surface area contributed by atoms with E-state index in [4.69, 9.17) is 9.47 Å². The van der Waals surface area contributed by atoms with Crippen molar-refractivity contribution in [1.29, 1.82) is 0 Å². The van der Waals surface area contributed by atoms with Crippen molar-refractivity contribution < 1.29 is 14.3 Å². The average Bonchev–Trinajstić information content (AvgIpc) is 3.30. The van der Waals surface area contributed by atoms with E-state index in [-0.39, 0.29) is 17.5 Å². The van der Waals surface area contributed by atoms with E-state index in [0.29, 0.717) is 24.8 Å². The van der Waals surface area contributed by atoms with Gasteiger partial charge in [0.05, 0.1) is 37.5 Å². The van der Waals surface area contributed by atoms with Gasteiger partial charge in [-0.2, -0.15) is 0 Å². The van der Waals surface area contributed by atoms with Gasteiger partial charge in [-0.3, -0.25) is 14.2 Å². The zero-order valence-electron chi connectivity index (χ0n) is 18.8. The van der Waals surface area contributed by atoms with Gasteiger partial charge in [0, 0.05) is 31.1 Å². The highest BCUT2D eigenvalue weighted by molar-refractivity contribution is 5.80. The third-order valence-corrected chi connectivity index (χ3v) is 6.22. The lowest BCUT2D eigenvalue weighted by molar-refractivity contribution is -0.132. The first kappa shape index (κ1) is 21.9. The van der Waals surface area contributed by atoms with Gasteiger partial charge >= 0.3 is 0 Å². The summed E-state index contributed by atoms with van der Waals surface area (Å²) >= 11 is 0. The minimum absolute atomic E-state index is 0.00334. The van der Waals surface area contributed by atoms with Gasteiger partial charge in [-0.1, -0.05) is 12.1 Å². The molecule has 2 aromatic carbocycles. The van der Waals surface area contributed by atoms with Crippen LogP contribution in [0.3, 0.4) is 0 Å². The second kappa shape index (κ2) is 9.42. The van der Waals surface area contributed by atoms with Crippen molar-refractivity contribution in [1.82, 2.24) is 14.5 Å². The van der Waals surface area contributed by atoms with Crippen molar-refractivity contribution in [2.24, 2.45) is 0 Å². The molecular formula is C25H29N3O4. The Labute approximate surface area is 187 Å². The predicted octanol–water partition coefficient (Wildman–Crippen LogP) is 3.87. The Bertz CT molecular complexity index is 1190. The molecule has 1 aromatic heterocycles. The maximum Gasteiger partial charge on any atom is 0.261 e. The summed E-state index contributed by atoms with van der Waals surface area (Å²) in [6, 6.07) is 11.4. The predicted molar refractivity (Wildman–Crippen MR) is 123 cm³/mol. The summed E-state index contributed by atoms with van der Waals surface area (Å²) in [5.74, 6) is 1.56. The first-order chi connectivity index (χ1) is 15.5. The number of aryl methyl sites for hydroxylation is 2. The van der Waals surface area contributed by atoms with E-state index in [1.54, 1.807) is 31.2 Å². The summed E-state index contributed by atoms with van der Waals surface area (Å²) < 4.78 is 12.5. The maximum absolute atomic E-state index is 13.0. The van der Waals surface area contributed by atoms with Gasteiger partial charge in [0.15, 0.2) is 0 Å². The number of aromatic nitrogens is 2. The molecule has 7 heteroatoms. The van der Waals surface area contributed by atoms with Gasteiger partial charge in [-0.05, 0) is 49.9 Å². The molecule has 1 aliphatic rings. The number of likely N-dealkylation sites (tertiary alicyclic amines) is 1. The summed E-state index contributed by atoms with van der Waals surface area (Å²) in [5.41, 5.74) is 2.66. The molecule has 1 fully saturated rings. The molecule has 1 atom stereocenters. The minimum atomic E-state index is -0.0619.